The fourth-order valence-corrected chi connectivity index (χ4v) is 3.23. The van der Waals surface area contributed by atoms with Crippen molar-refractivity contribution in [1.29, 1.82) is 0 Å². The van der Waals surface area contributed by atoms with E-state index in [4.69, 9.17) is 0 Å². The molecule has 0 unspecified atom stereocenters. The second-order valence-corrected chi connectivity index (χ2v) is 6.29. The predicted octanol–water partition coefficient (Wildman–Crippen LogP) is 4.73. The van der Waals surface area contributed by atoms with E-state index in [-0.39, 0.29) is 0 Å². The molecule has 4 heteroatoms. The van der Waals surface area contributed by atoms with Crippen molar-refractivity contribution in [2.45, 2.75) is 24.4 Å². The van der Waals surface area contributed by atoms with E-state index in [1.807, 2.05) is 12.1 Å². The molecule has 0 saturated carbocycles. The van der Waals surface area contributed by atoms with Gasteiger partial charge in [-0.15, -0.1) is 16.8 Å². The van der Waals surface area contributed by atoms with Crippen LogP contribution in [0.1, 0.15) is 11.1 Å². The average molecular weight is 321 g/mol. The van der Waals surface area contributed by atoms with Crippen LogP contribution in [0.5, 0.6) is 0 Å². The second-order valence-electron chi connectivity index (χ2n) is 5.35. The zero-order valence-corrected chi connectivity index (χ0v) is 14.0. The number of aromatic nitrogens is 3. The Kier molecular flexibility index (Phi) is 4.93. The van der Waals surface area contributed by atoms with Gasteiger partial charge in [-0.2, -0.15) is 0 Å². The normalized spacial score (nSPS) is 10.7. The third-order valence-electron chi connectivity index (χ3n) is 3.55. The van der Waals surface area contributed by atoms with Crippen LogP contribution in [0.4, 0.5) is 0 Å². The second kappa shape index (κ2) is 7.29. The first-order valence-electron chi connectivity index (χ1n) is 7.56. The molecular formula is C19H19N3S. The number of rotatable bonds is 6. The minimum atomic E-state index is 0.702. The number of hydrogen-bond donors (Lipinski definition) is 0. The molecule has 0 spiro atoms. The molecule has 0 aliphatic carbocycles. The standard InChI is InChI=1S/C19H19N3S/c1-3-13-22-18(17-11-9-15(2)10-12-17)20-21-19(22)23-14-16-7-5-4-6-8-16/h3-12H,1,13-14H2,2H3. The van der Waals surface area contributed by atoms with Crippen LogP contribution >= 0.6 is 11.8 Å². The van der Waals surface area contributed by atoms with Gasteiger partial charge in [-0.25, -0.2) is 0 Å². The van der Waals surface area contributed by atoms with E-state index in [0.717, 1.165) is 22.3 Å². The maximum absolute atomic E-state index is 4.39. The van der Waals surface area contributed by atoms with Crippen molar-refractivity contribution in [2.24, 2.45) is 0 Å². The van der Waals surface area contributed by atoms with E-state index >= 15 is 0 Å². The largest absolute Gasteiger partial charge is 0.298 e. The predicted molar refractivity (Wildman–Crippen MR) is 96.4 cm³/mol. The molecule has 0 N–H and O–H groups in total. The molecule has 3 aromatic rings. The number of benzene rings is 2. The highest BCUT2D eigenvalue weighted by atomic mass is 32.2. The minimum absolute atomic E-state index is 0.702. The molecule has 116 valence electrons. The maximum Gasteiger partial charge on any atom is 0.192 e. The third-order valence-corrected chi connectivity index (χ3v) is 4.59. The first kappa shape index (κ1) is 15.6. The van der Waals surface area contributed by atoms with Gasteiger partial charge in [0.2, 0.25) is 0 Å². The summed E-state index contributed by atoms with van der Waals surface area (Å²) < 4.78 is 2.12. The summed E-state index contributed by atoms with van der Waals surface area (Å²) in [6.07, 6.45) is 1.88. The molecule has 2 aromatic carbocycles. The monoisotopic (exact) mass is 321 g/mol. The van der Waals surface area contributed by atoms with Crippen LogP contribution in [0.25, 0.3) is 11.4 Å². The molecule has 0 bridgehead atoms. The fourth-order valence-electron chi connectivity index (χ4n) is 2.33. The Balaban J connectivity index is 1.86. The average Bonchev–Trinajstić information content (AvgIpc) is 2.98. The SMILES string of the molecule is C=CCn1c(SCc2ccccc2)nnc1-c1ccc(C)cc1. The zero-order chi connectivity index (χ0) is 16.1. The number of hydrogen-bond acceptors (Lipinski definition) is 3. The first-order valence-corrected chi connectivity index (χ1v) is 8.54. The van der Waals surface area contributed by atoms with Crippen LogP contribution in [0.2, 0.25) is 0 Å². The zero-order valence-electron chi connectivity index (χ0n) is 13.1. The van der Waals surface area contributed by atoms with Crippen molar-refractivity contribution >= 4 is 11.8 Å². The van der Waals surface area contributed by atoms with Crippen molar-refractivity contribution in [3.05, 3.63) is 78.4 Å². The first-order chi connectivity index (χ1) is 11.3. The lowest BCUT2D eigenvalue weighted by molar-refractivity contribution is 0.731. The van der Waals surface area contributed by atoms with Crippen molar-refractivity contribution in [3.8, 4) is 11.4 Å². The lowest BCUT2D eigenvalue weighted by Gasteiger charge is -2.08. The van der Waals surface area contributed by atoms with Crippen LogP contribution in [0.15, 0.2) is 72.4 Å². The van der Waals surface area contributed by atoms with Crippen molar-refractivity contribution < 1.29 is 0 Å². The van der Waals surface area contributed by atoms with Crippen molar-refractivity contribution in [2.75, 3.05) is 0 Å². The van der Waals surface area contributed by atoms with Gasteiger partial charge in [0.25, 0.3) is 0 Å². The Morgan fingerprint density at radius 1 is 1.04 bits per heavy atom. The number of allylic oxidation sites excluding steroid dienone is 1. The molecule has 1 aromatic heterocycles. The molecule has 0 aliphatic heterocycles. The summed E-state index contributed by atoms with van der Waals surface area (Å²) >= 11 is 1.70. The van der Waals surface area contributed by atoms with Crippen LogP contribution in [0.3, 0.4) is 0 Å². The summed E-state index contributed by atoms with van der Waals surface area (Å²) in [5.41, 5.74) is 3.60. The molecule has 0 aliphatic rings. The van der Waals surface area contributed by atoms with Gasteiger partial charge in [-0.05, 0) is 12.5 Å². The van der Waals surface area contributed by atoms with E-state index in [2.05, 4.69) is 76.8 Å². The molecule has 3 rings (SSSR count). The molecule has 1 heterocycles. The Labute approximate surface area is 141 Å². The van der Waals surface area contributed by atoms with Gasteiger partial charge in [0.15, 0.2) is 11.0 Å². The van der Waals surface area contributed by atoms with Crippen LogP contribution in [0, 0.1) is 6.92 Å². The summed E-state index contributed by atoms with van der Waals surface area (Å²) in [7, 11) is 0. The van der Waals surface area contributed by atoms with Gasteiger partial charge < -0.3 is 0 Å². The van der Waals surface area contributed by atoms with Gasteiger partial charge in [0.05, 0.1) is 0 Å². The third kappa shape index (κ3) is 3.71. The molecule has 0 radical (unpaired) electrons. The summed E-state index contributed by atoms with van der Waals surface area (Å²) in [5, 5.41) is 9.69. The van der Waals surface area contributed by atoms with Gasteiger partial charge >= 0.3 is 0 Å². The maximum atomic E-state index is 4.39. The highest BCUT2D eigenvalue weighted by molar-refractivity contribution is 7.98. The van der Waals surface area contributed by atoms with E-state index < -0.39 is 0 Å². The van der Waals surface area contributed by atoms with E-state index in [1.165, 1.54) is 11.1 Å². The summed E-state index contributed by atoms with van der Waals surface area (Å²) in [6, 6.07) is 18.8. The summed E-state index contributed by atoms with van der Waals surface area (Å²) in [5.74, 6) is 1.77. The quantitative estimate of drug-likeness (QED) is 0.485. The van der Waals surface area contributed by atoms with Crippen LogP contribution in [-0.4, -0.2) is 14.8 Å². The fraction of sp³-hybridized carbons (Fsp3) is 0.158. The van der Waals surface area contributed by atoms with Crippen molar-refractivity contribution in [1.82, 2.24) is 14.8 Å². The Bertz CT molecular complexity index is 776. The smallest absolute Gasteiger partial charge is 0.192 e. The number of nitrogens with zero attached hydrogens (tertiary/aromatic N) is 3. The molecule has 0 saturated heterocycles. The lowest BCUT2D eigenvalue weighted by Crippen LogP contribution is -2.00. The number of thioether (sulfide) groups is 1. The minimum Gasteiger partial charge on any atom is -0.298 e. The van der Waals surface area contributed by atoms with Crippen LogP contribution in [-0.2, 0) is 12.3 Å². The van der Waals surface area contributed by atoms with E-state index in [1.54, 1.807) is 11.8 Å². The van der Waals surface area contributed by atoms with Gasteiger partial charge in [-0.1, -0.05) is 78.0 Å². The summed E-state index contributed by atoms with van der Waals surface area (Å²) in [6.45, 7) is 6.64. The van der Waals surface area contributed by atoms with E-state index in [9.17, 15) is 0 Å². The highest BCUT2D eigenvalue weighted by Crippen LogP contribution is 2.26. The topological polar surface area (TPSA) is 30.7 Å². The molecule has 0 amide bonds. The number of aryl methyl sites for hydroxylation is 1. The summed E-state index contributed by atoms with van der Waals surface area (Å²) in [4.78, 5) is 0. The van der Waals surface area contributed by atoms with Crippen molar-refractivity contribution in [3.63, 3.8) is 0 Å². The lowest BCUT2D eigenvalue weighted by atomic mass is 10.1. The van der Waals surface area contributed by atoms with Gasteiger partial charge in [-0.3, -0.25) is 4.57 Å². The van der Waals surface area contributed by atoms with Crippen LogP contribution < -0.4 is 0 Å². The molecule has 0 atom stereocenters. The Hall–Kier alpha value is -2.33. The Morgan fingerprint density at radius 3 is 2.48 bits per heavy atom. The molecule has 3 nitrogen and oxygen atoms in total. The molecule has 23 heavy (non-hydrogen) atoms. The van der Waals surface area contributed by atoms with Gasteiger partial charge in [0.1, 0.15) is 0 Å². The highest BCUT2D eigenvalue weighted by Gasteiger charge is 2.13. The molecule has 0 fully saturated rings. The molecular weight excluding hydrogens is 302 g/mol. The van der Waals surface area contributed by atoms with Gasteiger partial charge in [0, 0.05) is 17.9 Å². The van der Waals surface area contributed by atoms with E-state index in [0.29, 0.717) is 6.54 Å². The Morgan fingerprint density at radius 2 is 1.78 bits per heavy atom.